The van der Waals surface area contributed by atoms with Gasteiger partial charge in [-0.3, -0.25) is 0 Å². The summed E-state index contributed by atoms with van der Waals surface area (Å²) in [5.74, 6) is 0.173. The largest absolute Gasteiger partial charge is 0.388 e. The third-order valence-corrected chi connectivity index (χ3v) is 3.24. The first-order valence-corrected chi connectivity index (χ1v) is 5.33. The van der Waals surface area contributed by atoms with E-state index < -0.39 is 6.10 Å². The number of aliphatic hydroxyl groups is 1. The Bertz CT molecular complexity index is 299. The van der Waals surface area contributed by atoms with E-state index in [1.807, 2.05) is 32.0 Å². The van der Waals surface area contributed by atoms with Crippen LogP contribution < -0.4 is 0 Å². The molecule has 13 heavy (non-hydrogen) atoms. The zero-order valence-electron chi connectivity index (χ0n) is 7.59. The first-order chi connectivity index (χ1) is 6.04. The molecular formula is C10H12BrClO. The lowest BCUT2D eigenvalue weighted by Crippen LogP contribution is -2.05. The second-order valence-electron chi connectivity index (χ2n) is 3.33. The molecule has 0 fully saturated rings. The van der Waals surface area contributed by atoms with Gasteiger partial charge in [0.25, 0.3) is 0 Å². The molecule has 0 aliphatic rings. The molecule has 1 atom stereocenters. The molecule has 0 aliphatic carbocycles. The molecule has 0 saturated carbocycles. The summed E-state index contributed by atoms with van der Waals surface area (Å²) < 4.78 is 0.825. The molecule has 3 heteroatoms. The molecule has 0 spiro atoms. The minimum Gasteiger partial charge on any atom is -0.388 e. The van der Waals surface area contributed by atoms with Gasteiger partial charge < -0.3 is 5.11 Å². The predicted octanol–water partition coefficient (Wildman–Crippen LogP) is 3.79. The van der Waals surface area contributed by atoms with E-state index >= 15 is 0 Å². The summed E-state index contributed by atoms with van der Waals surface area (Å²) >= 11 is 9.35. The zero-order valence-corrected chi connectivity index (χ0v) is 9.93. The molecule has 1 aromatic carbocycles. The van der Waals surface area contributed by atoms with Crippen LogP contribution in [0.15, 0.2) is 22.7 Å². The van der Waals surface area contributed by atoms with Gasteiger partial charge in [-0.1, -0.05) is 37.6 Å². The van der Waals surface area contributed by atoms with Crippen LogP contribution in [0.4, 0.5) is 0 Å². The van der Waals surface area contributed by atoms with Crippen molar-refractivity contribution in [2.75, 3.05) is 0 Å². The Morgan fingerprint density at radius 3 is 2.54 bits per heavy atom. The normalized spacial score (nSPS) is 13.4. The van der Waals surface area contributed by atoms with Crippen LogP contribution in [-0.2, 0) is 0 Å². The van der Waals surface area contributed by atoms with E-state index in [9.17, 15) is 5.11 Å². The fourth-order valence-electron chi connectivity index (χ4n) is 1.11. The van der Waals surface area contributed by atoms with Gasteiger partial charge in [0.2, 0.25) is 0 Å². The number of benzene rings is 1. The molecule has 0 aromatic heterocycles. The fourth-order valence-corrected chi connectivity index (χ4v) is 1.73. The smallest absolute Gasteiger partial charge is 0.0827 e. The van der Waals surface area contributed by atoms with Gasteiger partial charge in [0, 0.05) is 10.0 Å². The Labute approximate surface area is 91.9 Å². The minimum absolute atomic E-state index is 0.173. The first kappa shape index (κ1) is 11.0. The van der Waals surface area contributed by atoms with Crippen molar-refractivity contribution in [1.82, 2.24) is 0 Å². The molecule has 0 amide bonds. The van der Waals surface area contributed by atoms with Crippen LogP contribution in [-0.4, -0.2) is 5.11 Å². The average Bonchev–Trinajstić information content (AvgIpc) is 2.08. The van der Waals surface area contributed by atoms with Crippen molar-refractivity contribution in [3.63, 3.8) is 0 Å². The molecule has 1 rings (SSSR count). The van der Waals surface area contributed by atoms with Crippen LogP contribution in [0, 0.1) is 5.92 Å². The monoisotopic (exact) mass is 262 g/mol. The van der Waals surface area contributed by atoms with Crippen molar-refractivity contribution in [3.8, 4) is 0 Å². The summed E-state index contributed by atoms with van der Waals surface area (Å²) in [6.45, 7) is 3.92. The summed E-state index contributed by atoms with van der Waals surface area (Å²) in [6, 6.07) is 5.58. The number of rotatable bonds is 2. The predicted molar refractivity (Wildman–Crippen MR) is 58.9 cm³/mol. The van der Waals surface area contributed by atoms with Gasteiger partial charge in [-0.15, -0.1) is 0 Å². The highest BCUT2D eigenvalue weighted by molar-refractivity contribution is 9.10. The summed E-state index contributed by atoms with van der Waals surface area (Å²) in [5, 5.41) is 10.4. The van der Waals surface area contributed by atoms with Crippen LogP contribution >= 0.6 is 27.5 Å². The maximum atomic E-state index is 9.80. The van der Waals surface area contributed by atoms with Gasteiger partial charge in [-0.2, -0.15) is 0 Å². The van der Waals surface area contributed by atoms with Crippen molar-refractivity contribution in [2.45, 2.75) is 20.0 Å². The van der Waals surface area contributed by atoms with E-state index in [1.165, 1.54) is 0 Å². The molecule has 0 heterocycles. The molecule has 1 aromatic rings. The molecule has 1 unspecified atom stereocenters. The molecular weight excluding hydrogens is 251 g/mol. The Balaban J connectivity index is 3.07. The second-order valence-corrected chi connectivity index (χ2v) is 4.56. The quantitative estimate of drug-likeness (QED) is 0.861. The van der Waals surface area contributed by atoms with Gasteiger partial charge in [-0.05, 0) is 27.9 Å². The first-order valence-electron chi connectivity index (χ1n) is 4.16. The lowest BCUT2D eigenvalue weighted by molar-refractivity contribution is 0.127. The molecule has 0 bridgehead atoms. The summed E-state index contributed by atoms with van der Waals surface area (Å²) in [4.78, 5) is 0. The van der Waals surface area contributed by atoms with Crippen LogP contribution in [0.25, 0.3) is 0 Å². The lowest BCUT2D eigenvalue weighted by Gasteiger charge is -2.16. The Morgan fingerprint density at radius 2 is 2.00 bits per heavy atom. The van der Waals surface area contributed by atoms with Crippen LogP contribution in [0.5, 0.6) is 0 Å². The molecule has 1 N–H and O–H groups in total. The number of hydrogen-bond acceptors (Lipinski definition) is 1. The van der Waals surface area contributed by atoms with Gasteiger partial charge in [0.05, 0.1) is 11.1 Å². The molecule has 0 radical (unpaired) electrons. The zero-order chi connectivity index (χ0) is 10.0. The Hall–Kier alpha value is -0.0500. The lowest BCUT2D eigenvalue weighted by atomic mass is 9.99. The van der Waals surface area contributed by atoms with Crippen LogP contribution in [0.3, 0.4) is 0 Å². The van der Waals surface area contributed by atoms with Gasteiger partial charge in [-0.25, -0.2) is 0 Å². The van der Waals surface area contributed by atoms with E-state index in [0.717, 1.165) is 10.0 Å². The molecule has 0 aliphatic heterocycles. The van der Waals surface area contributed by atoms with Crippen molar-refractivity contribution < 1.29 is 5.11 Å². The van der Waals surface area contributed by atoms with Gasteiger partial charge in [0.1, 0.15) is 0 Å². The highest BCUT2D eigenvalue weighted by Gasteiger charge is 2.16. The molecule has 72 valence electrons. The van der Waals surface area contributed by atoms with Crippen LogP contribution in [0.2, 0.25) is 5.02 Å². The third kappa shape index (κ3) is 2.46. The summed E-state index contributed by atoms with van der Waals surface area (Å²) in [6.07, 6.45) is -0.495. The number of halogens is 2. The second kappa shape index (κ2) is 4.45. The van der Waals surface area contributed by atoms with Crippen molar-refractivity contribution in [2.24, 2.45) is 5.92 Å². The SMILES string of the molecule is CC(C)C(O)c1cccc(Br)c1Cl. The van der Waals surface area contributed by atoms with E-state index in [2.05, 4.69) is 15.9 Å². The molecule has 1 nitrogen and oxygen atoms in total. The molecule has 0 saturated heterocycles. The van der Waals surface area contributed by atoms with Crippen molar-refractivity contribution in [1.29, 1.82) is 0 Å². The van der Waals surface area contributed by atoms with Crippen molar-refractivity contribution in [3.05, 3.63) is 33.3 Å². The summed E-state index contributed by atoms with van der Waals surface area (Å²) in [7, 11) is 0. The Morgan fingerprint density at radius 1 is 1.38 bits per heavy atom. The topological polar surface area (TPSA) is 20.2 Å². The highest BCUT2D eigenvalue weighted by Crippen LogP contribution is 2.32. The van der Waals surface area contributed by atoms with Crippen molar-refractivity contribution >= 4 is 27.5 Å². The minimum atomic E-state index is -0.495. The summed E-state index contributed by atoms with van der Waals surface area (Å²) in [5.41, 5.74) is 0.783. The maximum Gasteiger partial charge on any atom is 0.0827 e. The third-order valence-electron chi connectivity index (χ3n) is 1.93. The van der Waals surface area contributed by atoms with E-state index in [1.54, 1.807) is 0 Å². The van der Waals surface area contributed by atoms with Gasteiger partial charge in [0.15, 0.2) is 0 Å². The van der Waals surface area contributed by atoms with E-state index in [0.29, 0.717) is 5.02 Å². The maximum absolute atomic E-state index is 9.80. The highest BCUT2D eigenvalue weighted by atomic mass is 79.9. The van der Waals surface area contributed by atoms with E-state index in [4.69, 9.17) is 11.6 Å². The average molecular weight is 264 g/mol. The van der Waals surface area contributed by atoms with Gasteiger partial charge >= 0.3 is 0 Å². The van der Waals surface area contributed by atoms with Crippen LogP contribution in [0.1, 0.15) is 25.5 Å². The fraction of sp³-hybridized carbons (Fsp3) is 0.400. The number of hydrogen-bond donors (Lipinski definition) is 1. The Kier molecular flexibility index (Phi) is 3.77. The standard InChI is InChI=1S/C10H12BrClO/c1-6(2)10(13)7-4-3-5-8(11)9(7)12/h3-6,10,13H,1-2H3. The number of aliphatic hydroxyl groups excluding tert-OH is 1. The van der Waals surface area contributed by atoms with E-state index in [-0.39, 0.29) is 5.92 Å².